The summed E-state index contributed by atoms with van der Waals surface area (Å²) in [6.07, 6.45) is 6.48. The Bertz CT molecular complexity index is 873. The van der Waals surface area contributed by atoms with Crippen LogP contribution in [-0.4, -0.2) is 32.8 Å². The maximum Gasteiger partial charge on any atom is 0.324 e. The third-order valence-electron chi connectivity index (χ3n) is 7.23. The number of ketones is 1. The van der Waals surface area contributed by atoms with Crippen LogP contribution in [0.4, 0.5) is 0 Å². The lowest BCUT2D eigenvalue weighted by Crippen LogP contribution is -2.51. The second-order valence-electron chi connectivity index (χ2n) is 9.88. The molecule has 164 valence electrons. The molecule has 1 unspecified atom stereocenters. The number of nitrogens with one attached hydrogen (secondary N) is 1. The number of benzene rings is 1. The molecule has 4 aliphatic carbocycles. The van der Waals surface area contributed by atoms with E-state index in [9.17, 15) is 18.0 Å². The highest BCUT2D eigenvalue weighted by molar-refractivity contribution is 7.89. The van der Waals surface area contributed by atoms with E-state index >= 15 is 0 Å². The summed E-state index contributed by atoms with van der Waals surface area (Å²) in [4.78, 5) is 25.9. The molecule has 0 radical (unpaired) electrons. The zero-order valence-corrected chi connectivity index (χ0v) is 18.5. The summed E-state index contributed by atoms with van der Waals surface area (Å²) in [7, 11) is -3.86. The topological polar surface area (TPSA) is 89.5 Å². The van der Waals surface area contributed by atoms with Gasteiger partial charge in [0.25, 0.3) is 0 Å². The number of carbonyl (C=O) groups is 2. The third-order valence-corrected chi connectivity index (χ3v) is 8.69. The molecule has 4 aliphatic rings. The lowest BCUT2D eigenvalue weighted by Gasteiger charge is -2.55. The molecule has 0 amide bonds. The van der Waals surface area contributed by atoms with Crippen LogP contribution in [-0.2, 0) is 24.3 Å². The minimum absolute atomic E-state index is 0.0170. The second kappa shape index (κ2) is 8.08. The molecule has 7 heteroatoms. The maximum absolute atomic E-state index is 13.1. The Hall–Kier alpha value is -1.73. The van der Waals surface area contributed by atoms with E-state index in [-0.39, 0.29) is 28.6 Å². The van der Waals surface area contributed by atoms with Crippen LogP contribution < -0.4 is 4.72 Å². The first-order valence-corrected chi connectivity index (χ1v) is 12.4. The molecular weight excluding hydrogens is 402 g/mol. The Balaban J connectivity index is 1.40. The molecule has 30 heavy (non-hydrogen) atoms. The minimum atomic E-state index is -3.86. The molecule has 4 saturated carbocycles. The first-order chi connectivity index (χ1) is 14.2. The first kappa shape index (κ1) is 21.5. The molecule has 0 spiro atoms. The number of carbonyl (C=O) groups excluding carboxylic acids is 2. The summed E-state index contributed by atoms with van der Waals surface area (Å²) in [6, 6.07) is 6.88. The lowest BCUT2D eigenvalue weighted by molar-refractivity contribution is -0.159. The molecule has 4 bridgehead atoms. The number of Topliss-reactive ketones (excluding diaryl/α,β-unsaturated/α-hetero) is 1. The fourth-order valence-corrected chi connectivity index (χ4v) is 7.48. The average molecular weight is 434 g/mol. The smallest absolute Gasteiger partial charge is 0.324 e. The molecule has 0 aromatic heterocycles. The van der Waals surface area contributed by atoms with Gasteiger partial charge in [0.15, 0.2) is 12.4 Å². The molecule has 0 saturated heterocycles. The van der Waals surface area contributed by atoms with Gasteiger partial charge in [-0.1, -0.05) is 32.0 Å². The Morgan fingerprint density at radius 2 is 1.57 bits per heavy atom. The van der Waals surface area contributed by atoms with Crippen molar-refractivity contribution in [1.82, 2.24) is 4.72 Å². The van der Waals surface area contributed by atoms with Crippen molar-refractivity contribution in [3.05, 3.63) is 30.3 Å². The van der Waals surface area contributed by atoms with Gasteiger partial charge in [-0.25, -0.2) is 8.42 Å². The van der Waals surface area contributed by atoms with Crippen molar-refractivity contribution in [2.24, 2.45) is 29.1 Å². The molecule has 6 nitrogen and oxygen atoms in total. The van der Waals surface area contributed by atoms with Crippen molar-refractivity contribution in [1.29, 1.82) is 0 Å². The lowest BCUT2D eigenvalue weighted by atomic mass is 9.48. The molecule has 0 aliphatic heterocycles. The largest absolute Gasteiger partial charge is 0.456 e. The van der Waals surface area contributed by atoms with Crippen LogP contribution >= 0.6 is 0 Å². The van der Waals surface area contributed by atoms with Crippen molar-refractivity contribution >= 4 is 21.8 Å². The van der Waals surface area contributed by atoms with Gasteiger partial charge in [0.05, 0.1) is 4.90 Å². The van der Waals surface area contributed by atoms with Crippen LogP contribution in [0.2, 0.25) is 0 Å². The van der Waals surface area contributed by atoms with Crippen molar-refractivity contribution in [3.63, 3.8) is 0 Å². The number of rotatable bonds is 8. The summed E-state index contributed by atoms with van der Waals surface area (Å²) < 4.78 is 33.1. The number of esters is 1. The van der Waals surface area contributed by atoms with E-state index in [1.807, 2.05) is 0 Å². The highest BCUT2D eigenvalue weighted by Gasteiger charge is 2.54. The van der Waals surface area contributed by atoms with Crippen LogP contribution in [0.3, 0.4) is 0 Å². The molecule has 0 heterocycles. The minimum Gasteiger partial charge on any atom is -0.456 e. The predicted octanol–water partition coefficient (Wildman–Crippen LogP) is 3.32. The molecule has 4 fully saturated rings. The van der Waals surface area contributed by atoms with Crippen molar-refractivity contribution in [2.45, 2.75) is 63.3 Å². The van der Waals surface area contributed by atoms with Gasteiger partial charge in [-0.05, 0) is 74.3 Å². The van der Waals surface area contributed by atoms with Gasteiger partial charge in [0, 0.05) is 5.41 Å². The zero-order valence-electron chi connectivity index (χ0n) is 17.7. The van der Waals surface area contributed by atoms with Crippen molar-refractivity contribution in [3.8, 4) is 0 Å². The standard InChI is InChI=1S/C23H31NO5S/c1-15(2)21(24-30(27,28)19-6-4-3-5-7-19)22(26)29-14-20(25)23-11-16-8-17(12-23)10-18(9-16)13-23/h3-7,15-18,21,24H,8-14H2,1-2H3. The molecule has 1 atom stereocenters. The van der Waals surface area contributed by atoms with Crippen LogP contribution in [0.1, 0.15) is 52.4 Å². The third kappa shape index (κ3) is 4.19. The van der Waals surface area contributed by atoms with E-state index < -0.39 is 22.0 Å². The zero-order chi connectivity index (χ0) is 21.5. The van der Waals surface area contributed by atoms with Crippen LogP contribution in [0, 0.1) is 29.1 Å². The van der Waals surface area contributed by atoms with E-state index in [1.54, 1.807) is 32.0 Å². The van der Waals surface area contributed by atoms with Gasteiger partial charge in [0.1, 0.15) is 6.04 Å². The summed E-state index contributed by atoms with van der Waals surface area (Å²) in [6.45, 7) is 3.24. The Morgan fingerprint density at radius 1 is 1.03 bits per heavy atom. The highest BCUT2D eigenvalue weighted by atomic mass is 32.2. The van der Waals surface area contributed by atoms with Gasteiger partial charge in [-0.15, -0.1) is 0 Å². The number of hydrogen-bond acceptors (Lipinski definition) is 5. The van der Waals surface area contributed by atoms with Crippen molar-refractivity contribution in [2.75, 3.05) is 6.61 Å². The van der Waals surface area contributed by atoms with E-state index in [1.165, 1.54) is 31.4 Å². The summed E-state index contributed by atoms with van der Waals surface area (Å²) in [5.41, 5.74) is -0.327. The Kier molecular flexibility index (Phi) is 5.79. The van der Waals surface area contributed by atoms with E-state index in [0.29, 0.717) is 17.8 Å². The number of sulfonamides is 1. The number of hydrogen-bond donors (Lipinski definition) is 1. The summed E-state index contributed by atoms with van der Waals surface area (Å²) >= 11 is 0. The van der Waals surface area contributed by atoms with Gasteiger partial charge in [-0.3, -0.25) is 9.59 Å². The normalized spacial score (nSPS) is 31.0. The highest BCUT2D eigenvalue weighted by Crippen LogP contribution is 2.60. The molecule has 1 N–H and O–H groups in total. The molecule has 1 aromatic carbocycles. The Morgan fingerprint density at radius 3 is 2.07 bits per heavy atom. The quantitative estimate of drug-likeness (QED) is 0.635. The first-order valence-electron chi connectivity index (χ1n) is 11.0. The van der Waals surface area contributed by atoms with Gasteiger partial charge < -0.3 is 4.74 Å². The van der Waals surface area contributed by atoms with Crippen LogP contribution in [0.25, 0.3) is 0 Å². The van der Waals surface area contributed by atoms with Gasteiger partial charge >= 0.3 is 5.97 Å². The van der Waals surface area contributed by atoms with E-state index in [0.717, 1.165) is 19.3 Å². The van der Waals surface area contributed by atoms with Crippen molar-refractivity contribution < 1.29 is 22.7 Å². The fourth-order valence-electron chi connectivity index (χ4n) is 6.12. The average Bonchev–Trinajstić information content (AvgIpc) is 2.69. The molecule has 5 rings (SSSR count). The van der Waals surface area contributed by atoms with Crippen LogP contribution in [0.5, 0.6) is 0 Å². The second-order valence-corrected chi connectivity index (χ2v) is 11.6. The van der Waals surface area contributed by atoms with Gasteiger partial charge in [-0.2, -0.15) is 4.72 Å². The SMILES string of the molecule is CC(C)C(NS(=O)(=O)c1ccccc1)C(=O)OCC(=O)C12CC3CC(CC(C3)C1)C2. The van der Waals surface area contributed by atoms with Gasteiger partial charge in [0.2, 0.25) is 10.0 Å². The maximum atomic E-state index is 13.1. The predicted molar refractivity (Wildman–Crippen MR) is 112 cm³/mol. The Labute approximate surface area is 178 Å². The summed E-state index contributed by atoms with van der Waals surface area (Å²) in [5, 5.41) is 0. The van der Waals surface area contributed by atoms with E-state index in [2.05, 4.69) is 4.72 Å². The van der Waals surface area contributed by atoms with Crippen LogP contribution in [0.15, 0.2) is 35.2 Å². The molecular formula is C23H31NO5S. The fraction of sp³-hybridized carbons (Fsp3) is 0.652. The monoisotopic (exact) mass is 433 g/mol. The summed E-state index contributed by atoms with van der Waals surface area (Å²) in [5.74, 6) is 0.919. The van der Waals surface area contributed by atoms with E-state index in [4.69, 9.17) is 4.74 Å². The molecule has 1 aromatic rings. The number of ether oxygens (including phenoxy) is 1.